The van der Waals surface area contributed by atoms with E-state index in [1.807, 2.05) is 42.3 Å². The number of rotatable bonds is 2. The number of hydrogen-bond acceptors (Lipinski definition) is 2. The van der Waals surface area contributed by atoms with Gasteiger partial charge < -0.3 is 4.90 Å². The van der Waals surface area contributed by atoms with Crippen molar-refractivity contribution < 1.29 is 13.6 Å². The van der Waals surface area contributed by atoms with Crippen LogP contribution in [0.25, 0.3) is 16.3 Å². The molecule has 0 aromatic heterocycles. The van der Waals surface area contributed by atoms with E-state index in [4.69, 9.17) is 0 Å². The summed E-state index contributed by atoms with van der Waals surface area (Å²) in [5.74, 6) is -0.930. The van der Waals surface area contributed by atoms with Crippen LogP contribution in [0.1, 0.15) is 58.8 Å². The number of allylic oxidation sites excluding steroid dienone is 4. The quantitative estimate of drug-likeness (QED) is 0.410. The summed E-state index contributed by atoms with van der Waals surface area (Å²) in [6.07, 6.45) is 11.0. The number of carbonyl (C=O) groups excluding carboxylic acids is 1. The summed E-state index contributed by atoms with van der Waals surface area (Å²) in [7, 11) is 0. The van der Waals surface area contributed by atoms with Gasteiger partial charge in [-0.3, -0.25) is 4.79 Å². The Morgan fingerprint density at radius 1 is 1.00 bits per heavy atom. The molecule has 0 saturated heterocycles. The molecule has 0 fully saturated rings. The Morgan fingerprint density at radius 3 is 2.64 bits per heavy atom. The number of carbonyl (C=O) groups is 1. The Labute approximate surface area is 191 Å². The van der Waals surface area contributed by atoms with Crippen LogP contribution in [0.2, 0.25) is 0 Å². The van der Waals surface area contributed by atoms with Gasteiger partial charge in [0.05, 0.1) is 6.04 Å². The van der Waals surface area contributed by atoms with Crippen molar-refractivity contribution in [3.8, 4) is 0 Å². The fraction of sp³-hybridized carbons (Fsp3) is 0.207. The van der Waals surface area contributed by atoms with Gasteiger partial charge in [-0.05, 0) is 66.5 Å². The summed E-state index contributed by atoms with van der Waals surface area (Å²) in [6, 6.07) is 11.6. The molecule has 0 unspecified atom stereocenters. The molecule has 3 aromatic rings. The van der Waals surface area contributed by atoms with Crippen molar-refractivity contribution in [2.24, 2.45) is 0 Å². The van der Waals surface area contributed by atoms with Crippen LogP contribution in [0.3, 0.4) is 0 Å². The van der Waals surface area contributed by atoms with E-state index >= 15 is 0 Å². The van der Waals surface area contributed by atoms with Crippen molar-refractivity contribution in [1.29, 1.82) is 0 Å². The zero-order valence-electron chi connectivity index (χ0n) is 18.4. The number of ketones is 1. The lowest BCUT2D eigenvalue weighted by Gasteiger charge is -2.30. The molecule has 164 valence electrons. The maximum absolute atomic E-state index is 14.7. The monoisotopic (exact) mass is 439 g/mol. The summed E-state index contributed by atoms with van der Waals surface area (Å²) < 4.78 is 29.3. The Kier molecular flexibility index (Phi) is 4.58. The van der Waals surface area contributed by atoms with E-state index in [9.17, 15) is 13.6 Å². The lowest BCUT2D eigenvalue weighted by molar-refractivity contribution is 0.0991. The van der Waals surface area contributed by atoms with Crippen LogP contribution in [0.4, 0.5) is 14.5 Å². The molecule has 2 nitrogen and oxygen atoms in total. The van der Waals surface area contributed by atoms with Gasteiger partial charge in [-0.1, -0.05) is 48.1 Å². The molecule has 0 amide bonds. The molecule has 0 saturated carbocycles. The molecule has 1 aliphatic heterocycles. The molecule has 3 aliphatic rings. The number of hydrogen-bond donors (Lipinski definition) is 0. The molecular formula is C29H23F2NO. The van der Waals surface area contributed by atoms with Gasteiger partial charge in [0.1, 0.15) is 11.6 Å². The van der Waals surface area contributed by atoms with Gasteiger partial charge in [-0.2, -0.15) is 0 Å². The zero-order chi connectivity index (χ0) is 22.7. The summed E-state index contributed by atoms with van der Waals surface area (Å²) in [5, 5.41) is 1.87. The number of halogens is 2. The predicted octanol–water partition coefficient (Wildman–Crippen LogP) is 7.58. The molecule has 0 spiro atoms. The van der Waals surface area contributed by atoms with Gasteiger partial charge in [0, 0.05) is 34.8 Å². The second-order valence-corrected chi connectivity index (χ2v) is 9.05. The molecule has 0 radical (unpaired) electrons. The number of anilines is 1. The summed E-state index contributed by atoms with van der Waals surface area (Å²) in [4.78, 5) is 15.3. The van der Waals surface area contributed by atoms with Crippen molar-refractivity contribution in [3.63, 3.8) is 0 Å². The van der Waals surface area contributed by atoms with E-state index in [1.165, 1.54) is 29.3 Å². The van der Waals surface area contributed by atoms with Crippen LogP contribution in [-0.2, 0) is 0 Å². The van der Waals surface area contributed by atoms with Crippen LogP contribution < -0.4 is 4.90 Å². The highest BCUT2D eigenvalue weighted by molar-refractivity contribution is 6.18. The fourth-order valence-electron chi connectivity index (χ4n) is 5.65. The first-order valence-electron chi connectivity index (χ1n) is 11.4. The minimum atomic E-state index is -0.541. The standard InChI is InChI=1S/C29H23F2NO/c1-17-11-14-24(32-15-5-10-25(32)29-22(30)8-4-9-23(29)31)21-13-12-20-19-7-3-2-6-18(19)16-26(33)28(20)27(17)21/h3-5,7-9,11-15,25H,2,6,10,16H2,1H3/t25-/m1/s1. The Bertz CT molecular complexity index is 1410. The van der Waals surface area contributed by atoms with Gasteiger partial charge in [0.15, 0.2) is 5.78 Å². The topological polar surface area (TPSA) is 20.3 Å². The largest absolute Gasteiger partial charge is 0.340 e. The Balaban J connectivity index is 1.56. The molecule has 4 heteroatoms. The first kappa shape index (κ1) is 20.1. The average molecular weight is 440 g/mol. The normalized spacial score (nSPS) is 19.4. The highest BCUT2D eigenvalue weighted by atomic mass is 19.1. The molecule has 1 heterocycles. The van der Waals surface area contributed by atoms with Crippen molar-refractivity contribution in [1.82, 2.24) is 0 Å². The lowest BCUT2D eigenvalue weighted by atomic mass is 9.78. The van der Waals surface area contributed by atoms with Crippen molar-refractivity contribution in [3.05, 3.63) is 106 Å². The molecule has 0 N–H and O–H groups in total. The molecule has 2 aliphatic carbocycles. The molecule has 1 atom stereocenters. The average Bonchev–Trinajstić information content (AvgIpc) is 3.28. The number of Topliss-reactive ketones (excluding diaryl/α,β-unsaturated/α-hetero) is 1. The van der Waals surface area contributed by atoms with E-state index in [0.29, 0.717) is 12.8 Å². The van der Waals surface area contributed by atoms with Crippen molar-refractivity contribution in [2.45, 2.75) is 38.6 Å². The Hall–Kier alpha value is -3.53. The first-order chi connectivity index (χ1) is 16.0. The minimum absolute atomic E-state index is 0.0763. The summed E-state index contributed by atoms with van der Waals surface area (Å²) in [6.45, 7) is 2.02. The smallest absolute Gasteiger partial charge is 0.168 e. The van der Waals surface area contributed by atoms with E-state index < -0.39 is 17.7 Å². The maximum atomic E-state index is 14.7. The third-order valence-electron chi connectivity index (χ3n) is 7.16. The van der Waals surface area contributed by atoms with Crippen LogP contribution >= 0.6 is 0 Å². The van der Waals surface area contributed by atoms with Crippen molar-refractivity contribution in [2.75, 3.05) is 4.90 Å². The molecule has 6 rings (SSSR count). The Morgan fingerprint density at radius 2 is 1.82 bits per heavy atom. The highest BCUT2D eigenvalue weighted by Crippen LogP contribution is 2.45. The van der Waals surface area contributed by atoms with E-state index in [1.54, 1.807) is 0 Å². The van der Waals surface area contributed by atoms with Gasteiger partial charge in [-0.25, -0.2) is 8.78 Å². The number of nitrogens with zero attached hydrogens (tertiary/aromatic N) is 1. The van der Waals surface area contributed by atoms with Crippen LogP contribution in [0.15, 0.2) is 72.5 Å². The third kappa shape index (κ3) is 3.01. The van der Waals surface area contributed by atoms with E-state index in [-0.39, 0.29) is 11.3 Å². The molecular weight excluding hydrogens is 416 g/mol. The number of fused-ring (bicyclic) bond motifs is 4. The first-order valence-corrected chi connectivity index (χ1v) is 11.4. The maximum Gasteiger partial charge on any atom is 0.168 e. The fourth-order valence-corrected chi connectivity index (χ4v) is 5.65. The zero-order valence-corrected chi connectivity index (χ0v) is 18.4. The highest BCUT2D eigenvalue weighted by Gasteiger charge is 2.31. The second kappa shape index (κ2) is 7.51. The van der Waals surface area contributed by atoms with Crippen LogP contribution in [0, 0.1) is 18.6 Å². The minimum Gasteiger partial charge on any atom is -0.340 e. The van der Waals surface area contributed by atoms with E-state index in [2.05, 4.69) is 18.2 Å². The van der Waals surface area contributed by atoms with Gasteiger partial charge in [0.2, 0.25) is 0 Å². The van der Waals surface area contributed by atoms with Crippen LogP contribution in [-0.4, -0.2) is 5.78 Å². The number of benzene rings is 3. The SMILES string of the molecule is Cc1ccc(N2C=CC[C@@H]2c2c(F)cccc2F)c2ccc3c(c12)C(=O)CC1=C3C=CCC1. The summed E-state index contributed by atoms with van der Waals surface area (Å²) >= 11 is 0. The van der Waals surface area contributed by atoms with Gasteiger partial charge >= 0.3 is 0 Å². The van der Waals surface area contributed by atoms with Crippen LogP contribution in [0.5, 0.6) is 0 Å². The predicted molar refractivity (Wildman–Crippen MR) is 128 cm³/mol. The number of aryl methyl sites for hydroxylation is 1. The molecule has 0 bridgehead atoms. The second-order valence-electron chi connectivity index (χ2n) is 9.05. The summed E-state index contributed by atoms with van der Waals surface area (Å²) in [5.41, 5.74) is 6.13. The van der Waals surface area contributed by atoms with Crippen molar-refractivity contribution >= 4 is 27.8 Å². The third-order valence-corrected chi connectivity index (χ3v) is 7.16. The van der Waals surface area contributed by atoms with Gasteiger partial charge in [0.25, 0.3) is 0 Å². The molecule has 33 heavy (non-hydrogen) atoms. The molecule has 3 aromatic carbocycles. The van der Waals surface area contributed by atoms with Gasteiger partial charge in [-0.15, -0.1) is 0 Å². The van der Waals surface area contributed by atoms with E-state index in [0.717, 1.165) is 46.0 Å². The lowest BCUT2D eigenvalue weighted by Crippen LogP contribution is -2.22.